The monoisotopic (exact) mass is 1070 g/mol. The van der Waals surface area contributed by atoms with E-state index in [2.05, 4.69) is 5.32 Å². The average molecular weight is 1070 g/mol. The molecular weight excluding hydrogens is 1000 g/mol. The molecular formula is C57H72ClNO15Si. The van der Waals surface area contributed by atoms with Crippen molar-refractivity contribution in [1.82, 2.24) is 5.32 Å². The molecule has 2 N–H and O–H groups in total. The van der Waals surface area contributed by atoms with E-state index in [0.29, 0.717) is 28.7 Å². The number of nitrogens with one attached hydrogen (secondary N) is 1. The first kappa shape index (κ1) is 57.4. The van der Waals surface area contributed by atoms with Gasteiger partial charge in [0.25, 0.3) is 5.91 Å². The zero-order valence-electron chi connectivity index (χ0n) is 44.8. The van der Waals surface area contributed by atoms with Crippen LogP contribution in [0.3, 0.4) is 0 Å². The summed E-state index contributed by atoms with van der Waals surface area (Å²) in [6, 6.07) is 23.8. The summed E-state index contributed by atoms with van der Waals surface area (Å²) in [6.45, 7) is 18.4. The van der Waals surface area contributed by atoms with E-state index in [1.54, 1.807) is 126 Å². The second-order valence-corrected chi connectivity index (χ2v) is 26.1. The molecule has 1 aliphatic heterocycles. The number of fused-ring (bicyclic) bond motifs is 5. The van der Waals surface area contributed by atoms with Gasteiger partial charge in [-0.25, -0.2) is 9.59 Å². The topological polar surface area (TPSA) is 209 Å². The van der Waals surface area contributed by atoms with Gasteiger partial charge in [0.2, 0.25) is 0 Å². The van der Waals surface area contributed by atoms with Crippen LogP contribution in [0.15, 0.2) is 96.1 Å². The van der Waals surface area contributed by atoms with Crippen molar-refractivity contribution >= 4 is 55.5 Å². The summed E-state index contributed by atoms with van der Waals surface area (Å²) in [7, 11) is -2.66. The predicted octanol–water partition coefficient (Wildman–Crippen LogP) is 8.83. The molecule has 12 atom stereocenters. The molecule has 3 aliphatic carbocycles. The standard InChI is InChI=1S/C57H72ClNO15Si/c1-12-67-36(8)70-47(45(37-26-28-40(58)29-27-37)59-51(63)38-22-18-16-19-23-38)53(65)71-41-31-57(66)50(72-52(64)39-24-20-17-21-25-39)48-55(11,49(62)46(69-34(6)60)44(33(41)5)54(57,9)10)42(74-75(13-2,14-3)15-4)30-43-56(48,32-68-43)73-35(7)61/h16-29,36,41-43,45-48,50,66H,12-15,30-32H2,1-11H3,(H,59,63)/t36?,41-,42-,43+,45-,46+,47+,48-,50-,55+,56-,57+/m0/s1. The van der Waals surface area contributed by atoms with Crippen LogP contribution in [-0.2, 0) is 56.8 Å². The quantitative estimate of drug-likeness (QED) is 0.0378. The lowest BCUT2D eigenvalue weighted by molar-refractivity contribution is -0.344. The van der Waals surface area contributed by atoms with Crippen LogP contribution >= 0.6 is 11.6 Å². The van der Waals surface area contributed by atoms with E-state index in [4.69, 9.17) is 49.2 Å². The molecule has 1 unspecified atom stereocenters. The predicted molar refractivity (Wildman–Crippen MR) is 279 cm³/mol. The smallest absolute Gasteiger partial charge is 0.338 e. The lowest BCUT2D eigenvalue weighted by Crippen LogP contribution is -2.82. The third kappa shape index (κ3) is 10.7. The number of aliphatic hydroxyl groups is 1. The number of esters is 4. The maximum Gasteiger partial charge on any atom is 0.338 e. The first-order chi connectivity index (χ1) is 35.5. The third-order valence-electron chi connectivity index (χ3n) is 16.6. The first-order valence-corrected chi connectivity index (χ1v) is 28.9. The van der Waals surface area contributed by atoms with Crippen LogP contribution in [0.2, 0.25) is 23.2 Å². The van der Waals surface area contributed by atoms with Gasteiger partial charge in [-0.2, -0.15) is 0 Å². The van der Waals surface area contributed by atoms with Crippen molar-refractivity contribution in [3.8, 4) is 0 Å². The normalized spacial score (nSPS) is 29.1. The molecule has 4 aliphatic rings. The molecule has 18 heteroatoms. The first-order valence-electron chi connectivity index (χ1n) is 26.0. The van der Waals surface area contributed by atoms with Crippen LogP contribution in [0.25, 0.3) is 0 Å². The Morgan fingerprint density at radius 1 is 0.840 bits per heavy atom. The van der Waals surface area contributed by atoms with Gasteiger partial charge in [-0.3, -0.25) is 19.2 Å². The van der Waals surface area contributed by atoms with Crippen molar-refractivity contribution in [3.05, 3.63) is 118 Å². The molecule has 3 fully saturated rings. The summed E-state index contributed by atoms with van der Waals surface area (Å²) in [5, 5.41) is 17.7. The minimum Gasteiger partial charge on any atom is -0.456 e. The fourth-order valence-electron chi connectivity index (χ4n) is 12.2. The Morgan fingerprint density at radius 2 is 1.44 bits per heavy atom. The second-order valence-electron chi connectivity index (χ2n) is 21.0. The molecule has 2 bridgehead atoms. The highest BCUT2D eigenvalue weighted by molar-refractivity contribution is 6.73. The Hall–Kier alpha value is -5.27. The molecule has 1 amide bonds. The Morgan fingerprint density at radius 3 is 1.97 bits per heavy atom. The number of carbonyl (C=O) groups is 6. The van der Waals surface area contributed by atoms with Crippen molar-refractivity contribution in [1.29, 1.82) is 0 Å². The van der Waals surface area contributed by atoms with Crippen molar-refractivity contribution in [2.75, 3.05) is 13.2 Å². The SMILES string of the molecule is CCOC(C)O[C@@H](C(=O)O[C@H]1C[C@@]2(O)[C@@H](OC(=O)c3ccccc3)[C@@H]3[C@]4(OC(C)=O)CO[C@@H]4C[C@H](O[Si](CC)(CC)CC)[C@@]3(C)C(=O)[C@H](OC(C)=O)C(=C1C)C2(C)C)[C@@H](NC(=O)c1ccccc1)c1ccc(Cl)cc1. The van der Waals surface area contributed by atoms with E-state index in [-0.39, 0.29) is 41.9 Å². The van der Waals surface area contributed by atoms with Gasteiger partial charge in [0, 0.05) is 49.3 Å². The summed E-state index contributed by atoms with van der Waals surface area (Å²) < 4.78 is 51.8. The zero-order chi connectivity index (χ0) is 54.8. The van der Waals surface area contributed by atoms with E-state index in [0.717, 1.165) is 0 Å². The molecule has 0 aromatic heterocycles. The van der Waals surface area contributed by atoms with Gasteiger partial charge in [0.05, 0.1) is 35.6 Å². The van der Waals surface area contributed by atoms with Gasteiger partial charge in [-0.15, -0.1) is 0 Å². The molecule has 3 aromatic carbocycles. The number of halogens is 1. The van der Waals surface area contributed by atoms with Crippen LogP contribution in [0.1, 0.15) is 121 Å². The number of benzene rings is 3. The second kappa shape index (κ2) is 22.7. The van der Waals surface area contributed by atoms with Gasteiger partial charge in [-0.1, -0.05) is 94.8 Å². The van der Waals surface area contributed by atoms with E-state index < -0.39 is 127 Å². The van der Waals surface area contributed by atoms with Crippen molar-refractivity contribution in [2.24, 2.45) is 16.7 Å². The zero-order valence-corrected chi connectivity index (χ0v) is 46.5. The van der Waals surface area contributed by atoms with Crippen LogP contribution in [0.5, 0.6) is 0 Å². The molecule has 16 nitrogen and oxygen atoms in total. The number of hydrogen-bond acceptors (Lipinski definition) is 15. The van der Waals surface area contributed by atoms with E-state index in [9.17, 15) is 24.3 Å². The molecule has 1 saturated heterocycles. The van der Waals surface area contributed by atoms with Crippen molar-refractivity contribution in [3.63, 3.8) is 0 Å². The van der Waals surface area contributed by atoms with Crippen LogP contribution in [-0.4, -0.2) is 116 Å². The van der Waals surface area contributed by atoms with E-state index in [1.165, 1.54) is 13.8 Å². The molecule has 0 radical (unpaired) electrons. The Kier molecular flexibility index (Phi) is 17.4. The number of rotatable bonds is 19. The van der Waals surface area contributed by atoms with E-state index in [1.807, 2.05) is 20.8 Å². The average Bonchev–Trinajstić information content (AvgIpc) is 3.37. The highest BCUT2D eigenvalue weighted by Crippen LogP contribution is 2.65. The lowest BCUT2D eigenvalue weighted by atomic mass is 9.44. The van der Waals surface area contributed by atoms with Gasteiger partial charge in [0.15, 0.2) is 38.2 Å². The number of hydrogen-bond donors (Lipinski definition) is 2. The summed E-state index contributed by atoms with van der Waals surface area (Å²) in [5.41, 5.74) is -6.40. The number of ketones is 1. The Balaban J connectivity index is 1.47. The molecule has 406 valence electrons. The number of ether oxygens (including phenoxy) is 7. The number of amides is 1. The van der Waals surface area contributed by atoms with Gasteiger partial charge in [0.1, 0.15) is 23.9 Å². The molecule has 7 rings (SSSR count). The number of Topliss-reactive ketones (excluding diaryl/α,β-unsaturated/α-hetero) is 1. The summed E-state index contributed by atoms with van der Waals surface area (Å²) in [4.78, 5) is 87.9. The summed E-state index contributed by atoms with van der Waals surface area (Å²) >= 11 is 6.35. The van der Waals surface area contributed by atoms with Crippen LogP contribution in [0.4, 0.5) is 0 Å². The Bertz CT molecular complexity index is 2620. The van der Waals surface area contributed by atoms with Crippen molar-refractivity contribution in [2.45, 2.75) is 167 Å². The summed E-state index contributed by atoms with van der Waals surface area (Å²) in [5.74, 6) is -6.08. The summed E-state index contributed by atoms with van der Waals surface area (Å²) in [6.07, 6.45) is -9.96. The molecule has 75 heavy (non-hydrogen) atoms. The largest absolute Gasteiger partial charge is 0.456 e. The molecule has 3 aromatic rings. The highest BCUT2D eigenvalue weighted by atomic mass is 35.5. The maximum absolute atomic E-state index is 16.5. The minimum atomic E-state index is -2.66. The fraction of sp³-hybridized carbons (Fsp3) is 0.544. The lowest BCUT2D eigenvalue weighted by Gasteiger charge is -2.68. The van der Waals surface area contributed by atoms with Crippen molar-refractivity contribution < 1.29 is 71.5 Å². The van der Waals surface area contributed by atoms with Gasteiger partial charge < -0.3 is 48.0 Å². The molecule has 1 heterocycles. The number of carbonyl (C=O) groups excluding carboxylic acids is 6. The maximum atomic E-state index is 16.5. The highest BCUT2D eigenvalue weighted by Gasteiger charge is 2.79. The minimum absolute atomic E-state index is 0.0736. The fourth-order valence-corrected chi connectivity index (χ4v) is 15.3. The third-order valence-corrected chi connectivity index (χ3v) is 21.5. The van der Waals surface area contributed by atoms with Crippen LogP contribution in [0, 0.1) is 16.7 Å². The molecule has 0 spiro atoms. The van der Waals surface area contributed by atoms with Gasteiger partial charge in [-0.05, 0) is 98.9 Å². The Labute approximate surface area is 445 Å². The van der Waals surface area contributed by atoms with Gasteiger partial charge >= 0.3 is 23.9 Å². The van der Waals surface area contributed by atoms with E-state index >= 15 is 9.59 Å². The molecule has 2 saturated carbocycles. The van der Waals surface area contributed by atoms with Crippen LogP contribution < -0.4 is 5.32 Å².